The highest BCUT2D eigenvalue weighted by atomic mass is 35.5. The van der Waals surface area contributed by atoms with Gasteiger partial charge in [0.1, 0.15) is 0 Å². The summed E-state index contributed by atoms with van der Waals surface area (Å²) in [5.41, 5.74) is 0.627. The number of para-hydroxylation sites is 1. The standard InChI is InChI=1S/C18H26ClN3O3/c1-2-3-12-25-18(24)14-22-10-8-21(9-11-22)13-17(23)20-16-7-5-4-6-15(16)19/h4-7H,2-3,8-14H2,1H3,(H,20,23). The normalized spacial score (nSPS) is 15.8. The van der Waals surface area contributed by atoms with Crippen LogP contribution in [-0.4, -0.2) is 67.6 Å². The zero-order valence-corrected chi connectivity index (χ0v) is 15.4. The van der Waals surface area contributed by atoms with Crippen LogP contribution < -0.4 is 5.32 Å². The van der Waals surface area contributed by atoms with Crippen molar-refractivity contribution in [2.24, 2.45) is 0 Å². The van der Waals surface area contributed by atoms with Gasteiger partial charge in [-0.2, -0.15) is 0 Å². The van der Waals surface area contributed by atoms with Crippen molar-refractivity contribution in [2.75, 3.05) is 51.2 Å². The first-order valence-electron chi connectivity index (χ1n) is 8.73. The van der Waals surface area contributed by atoms with Crippen LogP contribution in [0, 0.1) is 0 Å². The fourth-order valence-corrected chi connectivity index (χ4v) is 2.80. The number of nitrogens with one attached hydrogen (secondary N) is 1. The largest absolute Gasteiger partial charge is 0.465 e. The maximum Gasteiger partial charge on any atom is 0.320 e. The van der Waals surface area contributed by atoms with Crippen LogP contribution in [0.25, 0.3) is 0 Å². The summed E-state index contributed by atoms with van der Waals surface area (Å²) in [7, 11) is 0. The van der Waals surface area contributed by atoms with Gasteiger partial charge in [-0.1, -0.05) is 37.1 Å². The summed E-state index contributed by atoms with van der Waals surface area (Å²) in [6, 6.07) is 7.18. The Kier molecular flexibility index (Phi) is 8.18. The van der Waals surface area contributed by atoms with Gasteiger partial charge in [0.05, 0.1) is 30.4 Å². The third kappa shape index (κ3) is 7.02. The van der Waals surface area contributed by atoms with Crippen LogP contribution in [0.4, 0.5) is 5.69 Å². The molecule has 7 heteroatoms. The summed E-state index contributed by atoms with van der Waals surface area (Å²) in [5.74, 6) is -0.251. The van der Waals surface area contributed by atoms with Gasteiger partial charge in [-0.3, -0.25) is 19.4 Å². The van der Waals surface area contributed by atoms with E-state index in [4.69, 9.17) is 16.3 Å². The van der Waals surface area contributed by atoms with Crippen LogP contribution in [-0.2, 0) is 14.3 Å². The molecule has 6 nitrogen and oxygen atoms in total. The van der Waals surface area contributed by atoms with Crippen molar-refractivity contribution in [2.45, 2.75) is 19.8 Å². The molecule has 2 rings (SSSR count). The predicted octanol–water partition coefficient (Wildman–Crippen LogP) is 2.24. The van der Waals surface area contributed by atoms with Gasteiger partial charge < -0.3 is 10.1 Å². The van der Waals surface area contributed by atoms with Gasteiger partial charge in [-0.25, -0.2) is 0 Å². The molecule has 0 aliphatic carbocycles. The number of ether oxygens (including phenoxy) is 1. The molecule has 0 spiro atoms. The summed E-state index contributed by atoms with van der Waals surface area (Å²) in [6.45, 7) is 6.21. The molecule has 1 saturated heterocycles. The second-order valence-electron chi connectivity index (χ2n) is 6.15. The number of carbonyl (C=O) groups is 2. The molecule has 0 saturated carbocycles. The molecule has 0 bridgehead atoms. The van der Waals surface area contributed by atoms with E-state index in [9.17, 15) is 9.59 Å². The highest BCUT2D eigenvalue weighted by molar-refractivity contribution is 6.33. The van der Waals surface area contributed by atoms with E-state index in [1.54, 1.807) is 12.1 Å². The minimum Gasteiger partial charge on any atom is -0.465 e. The Hall–Kier alpha value is -1.63. The van der Waals surface area contributed by atoms with Crippen LogP contribution >= 0.6 is 11.6 Å². The lowest BCUT2D eigenvalue weighted by molar-refractivity contribution is -0.145. The van der Waals surface area contributed by atoms with E-state index in [1.165, 1.54) is 0 Å². The fraction of sp³-hybridized carbons (Fsp3) is 0.556. The van der Waals surface area contributed by atoms with Gasteiger partial charge >= 0.3 is 5.97 Å². The van der Waals surface area contributed by atoms with E-state index < -0.39 is 0 Å². The summed E-state index contributed by atoms with van der Waals surface area (Å²) in [6.07, 6.45) is 1.92. The van der Waals surface area contributed by atoms with E-state index in [-0.39, 0.29) is 11.9 Å². The van der Waals surface area contributed by atoms with Crippen LogP contribution in [0.3, 0.4) is 0 Å². The maximum absolute atomic E-state index is 12.1. The molecule has 0 aromatic heterocycles. The molecule has 1 aromatic rings. The number of nitrogens with zero attached hydrogens (tertiary/aromatic N) is 2. The van der Waals surface area contributed by atoms with Crippen molar-refractivity contribution in [3.8, 4) is 0 Å². The Bertz CT molecular complexity index is 574. The first-order valence-corrected chi connectivity index (χ1v) is 9.11. The van der Waals surface area contributed by atoms with Gasteiger partial charge in [0.15, 0.2) is 0 Å². The molecule has 0 unspecified atom stereocenters. The van der Waals surface area contributed by atoms with E-state index in [1.807, 2.05) is 12.1 Å². The number of halogens is 1. The molecule has 1 heterocycles. The van der Waals surface area contributed by atoms with Crippen molar-refractivity contribution in [3.63, 3.8) is 0 Å². The number of carbonyl (C=O) groups excluding carboxylic acids is 2. The monoisotopic (exact) mass is 367 g/mol. The summed E-state index contributed by atoms with van der Waals surface area (Å²) < 4.78 is 5.18. The van der Waals surface area contributed by atoms with Crippen LogP contribution in [0.5, 0.6) is 0 Å². The van der Waals surface area contributed by atoms with E-state index in [0.717, 1.165) is 39.0 Å². The third-order valence-corrected chi connectivity index (χ3v) is 4.42. The van der Waals surface area contributed by atoms with Crippen LogP contribution in [0.2, 0.25) is 5.02 Å². The van der Waals surface area contributed by atoms with Crippen molar-refractivity contribution >= 4 is 29.2 Å². The Morgan fingerprint density at radius 1 is 1.12 bits per heavy atom. The number of esters is 1. The van der Waals surface area contributed by atoms with Crippen LogP contribution in [0.15, 0.2) is 24.3 Å². The van der Waals surface area contributed by atoms with Crippen molar-refractivity contribution in [1.82, 2.24) is 9.80 Å². The van der Waals surface area contributed by atoms with Crippen LogP contribution in [0.1, 0.15) is 19.8 Å². The first-order chi connectivity index (χ1) is 12.1. The number of hydrogen-bond acceptors (Lipinski definition) is 5. The zero-order chi connectivity index (χ0) is 18.1. The number of unbranched alkanes of at least 4 members (excludes halogenated alkanes) is 1. The topological polar surface area (TPSA) is 61.9 Å². The number of benzene rings is 1. The highest BCUT2D eigenvalue weighted by Gasteiger charge is 2.21. The molecule has 1 amide bonds. The van der Waals surface area contributed by atoms with Gasteiger partial charge in [-0.05, 0) is 18.6 Å². The molecule has 0 atom stereocenters. The maximum atomic E-state index is 12.1. The molecule has 0 radical (unpaired) electrons. The molecule has 25 heavy (non-hydrogen) atoms. The fourth-order valence-electron chi connectivity index (χ4n) is 2.62. The highest BCUT2D eigenvalue weighted by Crippen LogP contribution is 2.20. The van der Waals surface area contributed by atoms with Gasteiger partial charge in [0, 0.05) is 26.2 Å². The minimum absolute atomic E-state index is 0.0828. The van der Waals surface area contributed by atoms with Crippen molar-refractivity contribution in [3.05, 3.63) is 29.3 Å². The number of amides is 1. The Morgan fingerprint density at radius 3 is 2.40 bits per heavy atom. The zero-order valence-electron chi connectivity index (χ0n) is 14.7. The van der Waals surface area contributed by atoms with E-state index >= 15 is 0 Å². The number of hydrogen-bond donors (Lipinski definition) is 1. The number of anilines is 1. The second-order valence-corrected chi connectivity index (χ2v) is 6.56. The first kappa shape index (κ1) is 19.7. The molecule has 138 valence electrons. The lowest BCUT2D eigenvalue weighted by atomic mass is 10.3. The Balaban J connectivity index is 1.67. The second kappa shape index (κ2) is 10.4. The SMILES string of the molecule is CCCCOC(=O)CN1CCN(CC(=O)Nc2ccccc2Cl)CC1. The van der Waals surface area contributed by atoms with Crippen molar-refractivity contribution in [1.29, 1.82) is 0 Å². The lowest BCUT2D eigenvalue weighted by Gasteiger charge is -2.33. The minimum atomic E-state index is -0.168. The quantitative estimate of drug-likeness (QED) is 0.564. The lowest BCUT2D eigenvalue weighted by Crippen LogP contribution is -2.50. The number of rotatable bonds is 8. The van der Waals surface area contributed by atoms with Gasteiger partial charge in [0.2, 0.25) is 5.91 Å². The Morgan fingerprint density at radius 2 is 1.76 bits per heavy atom. The average Bonchev–Trinajstić information content (AvgIpc) is 2.59. The van der Waals surface area contributed by atoms with Crippen molar-refractivity contribution < 1.29 is 14.3 Å². The van der Waals surface area contributed by atoms with E-state index in [2.05, 4.69) is 22.0 Å². The smallest absolute Gasteiger partial charge is 0.320 e. The molecule has 1 aliphatic heterocycles. The average molecular weight is 368 g/mol. The molecule has 1 N–H and O–H groups in total. The molecule has 1 aromatic carbocycles. The number of piperazine rings is 1. The molecule has 1 fully saturated rings. The summed E-state index contributed by atoms with van der Waals surface area (Å²) in [4.78, 5) is 28.0. The molecular weight excluding hydrogens is 342 g/mol. The summed E-state index contributed by atoms with van der Waals surface area (Å²) >= 11 is 6.05. The predicted molar refractivity (Wildman–Crippen MR) is 98.8 cm³/mol. The molecular formula is C18H26ClN3O3. The summed E-state index contributed by atoms with van der Waals surface area (Å²) in [5, 5.41) is 3.36. The Labute approximate surface area is 154 Å². The van der Waals surface area contributed by atoms with Gasteiger partial charge in [0.25, 0.3) is 0 Å². The molecule has 1 aliphatic rings. The third-order valence-electron chi connectivity index (χ3n) is 4.09. The van der Waals surface area contributed by atoms with E-state index in [0.29, 0.717) is 30.4 Å². The van der Waals surface area contributed by atoms with Gasteiger partial charge in [-0.15, -0.1) is 0 Å².